The van der Waals surface area contributed by atoms with Crippen LogP contribution < -0.4 is 0 Å². The molecule has 68 valence electrons. The number of hydrogen-bond donors (Lipinski definition) is 1. The van der Waals surface area contributed by atoms with E-state index in [4.69, 9.17) is 16.7 Å². The zero-order chi connectivity index (χ0) is 9.84. The molecule has 1 aromatic heterocycles. The molecule has 0 atom stereocenters. The number of carboxylic acids is 1. The molecule has 13 heavy (non-hydrogen) atoms. The maximum atomic E-state index is 10.6. The lowest BCUT2D eigenvalue weighted by molar-refractivity contribution is -0.146. The van der Waals surface area contributed by atoms with Crippen molar-refractivity contribution in [3.63, 3.8) is 0 Å². The Morgan fingerprint density at radius 1 is 1.62 bits per heavy atom. The second-order valence-electron chi connectivity index (χ2n) is 2.01. The molecule has 0 saturated carbocycles. The van der Waals surface area contributed by atoms with Gasteiger partial charge in [-0.1, -0.05) is 11.6 Å². The highest BCUT2D eigenvalue weighted by atomic mass is 35.5. The van der Waals surface area contributed by atoms with Gasteiger partial charge in [-0.05, 0) is 12.2 Å². The molecule has 4 nitrogen and oxygen atoms in total. The molecule has 0 aliphatic heterocycles. The number of thiazole rings is 1. The SMILES string of the molecule is O=C(O)C(=O)/C=C/c1ncc(Cl)s1. The molecule has 1 heterocycles. The maximum absolute atomic E-state index is 10.6. The van der Waals surface area contributed by atoms with Crippen molar-refractivity contribution in [1.29, 1.82) is 0 Å². The van der Waals surface area contributed by atoms with E-state index >= 15 is 0 Å². The highest BCUT2D eigenvalue weighted by Crippen LogP contribution is 2.18. The first kappa shape index (κ1) is 9.88. The molecule has 0 bridgehead atoms. The Balaban J connectivity index is 2.69. The van der Waals surface area contributed by atoms with E-state index in [9.17, 15) is 9.59 Å². The van der Waals surface area contributed by atoms with E-state index in [0.717, 1.165) is 17.4 Å². The number of carboxylic acid groups (broad SMARTS) is 1. The smallest absolute Gasteiger partial charge is 0.376 e. The number of rotatable bonds is 3. The third kappa shape index (κ3) is 2.96. The summed E-state index contributed by atoms with van der Waals surface area (Å²) >= 11 is 6.72. The Morgan fingerprint density at radius 2 is 2.31 bits per heavy atom. The summed E-state index contributed by atoms with van der Waals surface area (Å²) in [7, 11) is 0. The van der Waals surface area contributed by atoms with E-state index in [1.807, 2.05) is 0 Å². The first-order chi connectivity index (χ1) is 6.09. The average molecular weight is 218 g/mol. The lowest BCUT2D eigenvalue weighted by Crippen LogP contribution is -2.08. The van der Waals surface area contributed by atoms with Crippen molar-refractivity contribution in [2.45, 2.75) is 0 Å². The summed E-state index contributed by atoms with van der Waals surface area (Å²) in [6.45, 7) is 0. The zero-order valence-electron chi connectivity index (χ0n) is 6.23. The van der Waals surface area contributed by atoms with E-state index in [2.05, 4.69) is 4.98 Å². The highest BCUT2D eigenvalue weighted by Gasteiger charge is 2.06. The normalized spacial score (nSPS) is 10.5. The van der Waals surface area contributed by atoms with Crippen LogP contribution >= 0.6 is 22.9 Å². The predicted octanol–water partition coefficient (Wildman–Crippen LogP) is 1.46. The minimum absolute atomic E-state index is 0.488. The summed E-state index contributed by atoms with van der Waals surface area (Å²) in [5.41, 5.74) is 0. The number of hydrogen-bond acceptors (Lipinski definition) is 4. The largest absolute Gasteiger partial charge is 0.475 e. The Labute approximate surface area is 82.5 Å². The minimum atomic E-state index is -1.49. The summed E-state index contributed by atoms with van der Waals surface area (Å²) in [6, 6.07) is 0. The molecular formula is C7H4ClNO3S. The van der Waals surface area contributed by atoms with Crippen LogP contribution in [0.2, 0.25) is 4.34 Å². The Kier molecular flexibility index (Phi) is 3.16. The van der Waals surface area contributed by atoms with Crippen molar-refractivity contribution in [2.75, 3.05) is 0 Å². The number of aromatic nitrogens is 1. The first-order valence-corrected chi connectivity index (χ1v) is 4.35. The second kappa shape index (κ2) is 4.15. The fourth-order valence-corrected chi connectivity index (χ4v) is 1.39. The summed E-state index contributed by atoms with van der Waals surface area (Å²) in [5.74, 6) is -2.47. The van der Waals surface area contributed by atoms with Gasteiger partial charge in [0, 0.05) is 0 Å². The van der Waals surface area contributed by atoms with Gasteiger partial charge in [0.2, 0.25) is 0 Å². The molecule has 0 saturated heterocycles. The van der Waals surface area contributed by atoms with Crippen LogP contribution in [0, 0.1) is 0 Å². The van der Waals surface area contributed by atoms with E-state index in [1.54, 1.807) is 0 Å². The summed E-state index contributed by atoms with van der Waals surface area (Å²) < 4.78 is 0.488. The van der Waals surface area contributed by atoms with Gasteiger partial charge in [0.05, 0.1) is 6.20 Å². The fourth-order valence-electron chi connectivity index (χ4n) is 0.562. The zero-order valence-corrected chi connectivity index (χ0v) is 7.80. The van der Waals surface area contributed by atoms with Crippen LogP contribution in [-0.2, 0) is 9.59 Å². The van der Waals surface area contributed by atoms with E-state index < -0.39 is 11.8 Å². The number of nitrogens with zero attached hydrogens (tertiary/aromatic N) is 1. The number of ketones is 1. The monoisotopic (exact) mass is 217 g/mol. The molecule has 1 rings (SSSR count). The van der Waals surface area contributed by atoms with Crippen LogP contribution in [0.15, 0.2) is 12.3 Å². The van der Waals surface area contributed by atoms with Crippen molar-refractivity contribution < 1.29 is 14.7 Å². The Morgan fingerprint density at radius 3 is 2.77 bits per heavy atom. The standard InChI is InChI=1S/C7H4ClNO3S/c8-5-3-9-6(13-5)2-1-4(10)7(11)12/h1-3H,(H,11,12)/b2-1+. The molecule has 0 unspecified atom stereocenters. The second-order valence-corrected chi connectivity index (χ2v) is 3.70. The van der Waals surface area contributed by atoms with Crippen LogP contribution in [0.25, 0.3) is 6.08 Å². The fraction of sp³-hybridized carbons (Fsp3) is 0. The van der Waals surface area contributed by atoms with Gasteiger partial charge in [-0.2, -0.15) is 0 Å². The molecule has 0 radical (unpaired) electrons. The van der Waals surface area contributed by atoms with Crippen LogP contribution in [0.5, 0.6) is 0 Å². The molecule has 0 amide bonds. The van der Waals surface area contributed by atoms with Crippen LogP contribution in [-0.4, -0.2) is 21.8 Å². The molecule has 1 aromatic rings. The van der Waals surface area contributed by atoms with Gasteiger partial charge in [0.15, 0.2) is 0 Å². The minimum Gasteiger partial charge on any atom is -0.475 e. The van der Waals surface area contributed by atoms with Crippen LogP contribution in [0.4, 0.5) is 0 Å². The van der Waals surface area contributed by atoms with Crippen LogP contribution in [0.1, 0.15) is 5.01 Å². The number of aliphatic carboxylic acids is 1. The Hall–Kier alpha value is -1.20. The van der Waals surface area contributed by atoms with Gasteiger partial charge in [0.1, 0.15) is 9.34 Å². The molecule has 1 N–H and O–H groups in total. The van der Waals surface area contributed by atoms with Crippen molar-refractivity contribution in [1.82, 2.24) is 4.98 Å². The van der Waals surface area contributed by atoms with E-state index in [1.165, 1.54) is 12.3 Å². The summed E-state index contributed by atoms with van der Waals surface area (Å²) in [6.07, 6.45) is 3.68. The van der Waals surface area contributed by atoms with Gasteiger partial charge in [-0.25, -0.2) is 9.78 Å². The number of halogens is 1. The van der Waals surface area contributed by atoms with Crippen molar-refractivity contribution in [3.05, 3.63) is 21.6 Å². The average Bonchev–Trinajstić information content (AvgIpc) is 2.47. The van der Waals surface area contributed by atoms with E-state index in [-0.39, 0.29) is 0 Å². The summed E-state index contributed by atoms with van der Waals surface area (Å²) in [5, 5.41) is 8.72. The third-order valence-electron chi connectivity index (χ3n) is 1.08. The van der Waals surface area contributed by atoms with Crippen LogP contribution in [0.3, 0.4) is 0 Å². The molecular weight excluding hydrogens is 214 g/mol. The molecule has 0 spiro atoms. The number of carbonyl (C=O) groups excluding carboxylic acids is 1. The molecule has 0 fully saturated rings. The molecule has 6 heteroatoms. The van der Waals surface area contributed by atoms with Crippen molar-refractivity contribution in [3.8, 4) is 0 Å². The van der Waals surface area contributed by atoms with Gasteiger partial charge >= 0.3 is 5.97 Å². The lowest BCUT2D eigenvalue weighted by atomic mass is 10.3. The topological polar surface area (TPSA) is 67.3 Å². The summed E-state index contributed by atoms with van der Waals surface area (Å²) in [4.78, 5) is 24.5. The predicted molar refractivity (Wildman–Crippen MR) is 48.8 cm³/mol. The van der Waals surface area contributed by atoms with Gasteiger partial charge in [-0.3, -0.25) is 4.79 Å². The quantitative estimate of drug-likeness (QED) is 0.615. The molecule has 0 aromatic carbocycles. The first-order valence-electron chi connectivity index (χ1n) is 3.16. The van der Waals surface area contributed by atoms with Crippen molar-refractivity contribution in [2.24, 2.45) is 0 Å². The van der Waals surface area contributed by atoms with Gasteiger partial charge in [-0.15, -0.1) is 11.3 Å². The van der Waals surface area contributed by atoms with Gasteiger partial charge < -0.3 is 5.11 Å². The van der Waals surface area contributed by atoms with Crippen molar-refractivity contribution >= 4 is 40.8 Å². The third-order valence-corrected chi connectivity index (χ3v) is 2.16. The molecule has 0 aliphatic rings. The highest BCUT2D eigenvalue weighted by molar-refractivity contribution is 7.16. The Bertz CT molecular complexity index is 372. The van der Waals surface area contributed by atoms with Gasteiger partial charge in [0.25, 0.3) is 5.78 Å². The lowest BCUT2D eigenvalue weighted by Gasteiger charge is -1.82. The number of carbonyl (C=O) groups is 2. The van der Waals surface area contributed by atoms with E-state index in [0.29, 0.717) is 9.34 Å². The molecule has 0 aliphatic carbocycles. The maximum Gasteiger partial charge on any atom is 0.376 e.